The standard InChI is InChI=1S/C18H31NO/c1-7-16(8-2)18(20)11-19-15(6)17-10-13(4)12(3)9-14(17)5/h9-10,15-16,18-20H,7-8,11H2,1-6H3. The summed E-state index contributed by atoms with van der Waals surface area (Å²) in [7, 11) is 0. The van der Waals surface area contributed by atoms with Crippen LogP contribution in [0.3, 0.4) is 0 Å². The lowest BCUT2D eigenvalue weighted by Gasteiger charge is -2.24. The van der Waals surface area contributed by atoms with Crippen LogP contribution in [0.15, 0.2) is 12.1 Å². The molecule has 0 amide bonds. The van der Waals surface area contributed by atoms with E-state index in [0.29, 0.717) is 12.5 Å². The van der Waals surface area contributed by atoms with E-state index in [-0.39, 0.29) is 12.1 Å². The molecular formula is C18H31NO. The van der Waals surface area contributed by atoms with Crippen molar-refractivity contribution >= 4 is 0 Å². The Bertz CT molecular complexity index is 424. The summed E-state index contributed by atoms with van der Waals surface area (Å²) in [5.74, 6) is 0.399. The van der Waals surface area contributed by atoms with E-state index in [2.05, 4.69) is 59.0 Å². The van der Waals surface area contributed by atoms with E-state index in [1.165, 1.54) is 22.3 Å². The number of hydrogen-bond acceptors (Lipinski definition) is 2. The van der Waals surface area contributed by atoms with Crippen LogP contribution in [0, 0.1) is 26.7 Å². The molecule has 0 aromatic heterocycles. The third-order valence-electron chi connectivity index (χ3n) is 4.57. The first-order chi connectivity index (χ1) is 9.40. The number of aliphatic hydroxyl groups is 1. The van der Waals surface area contributed by atoms with E-state index >= 15 is 0 Å². The molecule has 0 heterocycles. The van der Waals surface area contributed by atoms with Crippen LogP contribution in [-0.2, 0) is 0 Å². The van der Waals surface area contributed by atoms with Crippen molar-refractivity contribution in [2.75, 3.05) is 6.54 Å². The first-order valence-corrected chi connectivity index (χ1v) is 7.89. The minimum Gasteiger partial charge on any atom is -0.392 e. The molecule has 0 fully saturated rings. The van der Waals surface area contributed by atoms with E-state index in [4.69, 9.17) is 0 Å². The van der Waals surface area contributed by atoms with Crippen molar-refractivity contribution in [1.82, 2.24) is 5.32 Å². The van der Waals surface area contributed by atoms with Gasteiger partial charge < -0.3 is 10.4 Å². The topological polar surface area (TPSA) is 32.3 Å². The van der Waals surface area contributed by atoms with Crippen molar-refractivity contribution in [3.63, 3.8) is 0 Å². The second-order valence-electron chi connectivity index (χ2n) is 6.07. The normalized spacial score (nSPS) is 14.6. The molecule has 1 rings (SSSR count). The Kier molecular flexibility index (Phi) is 6.70. The summed E-state index contributed by atoms with van der Waals surface area (Å²) in [6.45, 7) is 13.6. The molecule has 0 saturated heterocycles. The highest BCUT2D eigenvalue weighted by molar-refractivity contribution is 5.38. The molecule has 0 saturated carbocycles. The van der Waals surface area contributed by atoms with Crippen LogP contribution in [0.25, 0.3) is 0 Å². The molecule has 20 heavy (non-hydrogen) atoms. The number of rotatable bonds is 7. The highest BCUT2D eigenvalue weighted by Gasteiger charge is 2.17. The van der Waals surface area contributed by atoms with Gasteiger partial charge in [-0.25, -0.2) is 0 Å². The predicted molar refractivity (Wildman–Crippen MR) is 87.1 cm³/mol. The Labute approximate surface area is 124 Å². The SMILES string of the molecule is CCC(CC)C(O)CNC(C)c1cc(C)c(C)cc1C. The Morgan fingerprint density at radius 1 is 1.00 bits per heavy atom. The van der Waals surface area contributed by atoms with Gasteiger partial charge in [0.05, 0.1) is 6.10 Å². The second kappa shape index (κ2) is 7.80. The molecule has 1 aromatic carbocycles. The summed E-state index contributed by atoms with van der Waals surface area (Å²) in [5, 5.41) is 13.7. The summed E-state index contributed by atoms with van der Waals surface area (Å²) in [5.41, 5.74) is 5.34. The van der Waals surface area contributed by atoms with Gasteiger partial charge >= 0.3 is 0 Å². The molecule has 0 aliphatic carbocycles. The molecule has 0 bridgehead atoms. The smallest absolute Gasteiger partial charge is 0.0692 e. The molecule has 2 heteroatoms. The van der Waals surface area contributed by atoms with E-state index in [0.717, 1.165) is 12.8 Å². The largest absolute Gasteiger partial charge is 0.392 e. The zero-order valence-electron chi connectivity index (χ0n) is 14.0. The molecule has 0 radical (unpaired) electrons. The number of benzene rings is 1. The van der Waals surface area contributed by atoms with E-state index in [1.54, 1.807) is 0 Å². The predicted octanol–water partition coefficient (Wildman–Crippen LogP) is 4.06. The number of aliphatic hydroxyl groups excluding tert-OH is 1. The zero-order valence-corrected chi connectivity index (χ0v) is 14.0. The quantitative estimate of drug-likeness (QED) is 0.787. The molecule has 2 nitrogen and oxygen atoms in total. The average molecular weight is 277 g/mol. The maximum Gasteiger partial charge on any atom is 0.0692 e. The van der Waals surface area contributed by atoms with Gasteiger partial charge in [0, 0.05) is 12.6 Å². The number of aryl methyl sites for hydroxylation is 3. The van der Waals surface area contributed by atoms with Gasteiger partial charge in [0.1, 0.15) is 0 Å². The minimum atomic E-state index is -0.251. The average Bonchev–Trinajstić information content (AvgIpc) is 2.41. The molecule has 114 valence electrons. The Hall–Kier alpha value is -0.860. The Morgan fingerprint density at radius 3 is 2.10 bits per heavy atom. The first-order valence-electron chi connectivity index (χ1n) is 7.89. The third-order valence-corrected chi connectivity index (χ3v) is 4.57. The summed E-state index contributed by atoms with van der Waals surface area (Å²) < 4.78 is 0. The van der Waals surface area contributed by atoms with Crippen molar-refractivity contribution in [1.29, 1.82) is 0 Å². The van der Waals surface area contributed by atoms with E-state index in [1.807, 2.05) is 0 Å². The van der Waals surface area contributed by atoms with Crippen LogP contribution in [0.1, 0.15) is 61.9 Å². The number of hydrogen-bond donors (Lipinski definition) is 2. The van der Waals surface area contributed by atoms with Crippen LogP contribution in [0.5, 0.6) is 0 Å². The fourth-order valence-electron chi connectivity index (χ4n) is 2.86. The molecule has 0 spiro atoms. The molecule has 2 N–H and O–H groups in total. The molecule has 2 atom stereocenters. The number of nitrogens with one attached hydrogen (secondary N) is 1. The summed E-state index contributed by atoms with van der Waals surface area (Å²) in [4.78, 5) is 0. The van der Waals surface area contributed by atoms with Gasteiger partial charge in [-0.05, 0) is 55.9 Å². The van der Waals surface area contributed by atoms with Gasteiger partial charge in [0.25, 0.3) is 0 Å². The maximum atomic E-state index is 10.2. The van der Waals surface area contributed by atoms with Gasteiger partial charge in [-0.1, -0.05) is 38.8 Å². The van der Waals surface area contributed by atoms with E-state index in [9.17, 15) is 5.11 Å². The molecule has 2 unspecified atom stereocenters. The fourth-order valence-corrected chi connectivity index (χ4v) is 2.86. The van der Waals surface area contributed by atoms with Gasteiger partial charge in [0.15, 0.2) is 0 Å². The zero-order chi connectivity index (χ0) is 15.3. The van der Waals surface area contributed by atoms with Crippen LogP contribution in [0.2, 0.25) is 0 Å². The summed E-state index contributed by atoms with van der Waals surface area (Å²) in [6.07, 6.45) is 1.83. The lowest BCUT2D eigenvalue weighted by atomic mass is 9.94. The van der Waals surface area contributed by atoms with Crippen molar-refractivity contribution < 1.29 is 5.11 Å². The molecule has 0 aliphatic heterocycles. The summed E-state index contributed by atoms with van der Waals surface area (Å²) >= 11 is 0. The van der Waals surface area contributed by atoms with Crippen molar-refractivity contribution in [3.8, 4) is 0 Å². The Morgan fingerprint density at radius 2 is 1.55 bits per heavy atom. The molecule has 0 aliphatic rings. The van der Waals surface area contributed by atoms with Crippen molar-refractivity contribution in [2.45, 2.75) is 66.5 Å². The van der Waals surface area contributed by atoms with Gasteiger partial charge in [-0.15, -0.1) is 0 Å². The van der Waals surface area contributed by atoms with Crippen molar-refractivity contribution in [3.05, 3.63) is 34.4 Å². The molecular weight excluding hydrogens is 246 g/mol. The highest BCUT2D eigenvalue weighted by Crippen LogP contribution is 2.22. The van der Waals surface area contributed by atoms with Crippen molar-refractivity contribution in [2.24, 2.45) is 5.92 Å². The van der Waals surface area contributed by atoms with Gasteiger partial charge in [-0.3, -0.25) is 0 Å². The summed E-state index contributed by atoms with van der Waals surface area (Å²) in [6, 6.07) is 4.80. The van der Waals surface area contributed by atoms with Gasteiger partial charge in [-0.2, -0.15) is 0 Å². The van der Waals surface area contributed by atoms with Crippen LogP contribution >= 0.6 is 0 Å². The fraction of sp³-hybridized carbons (Fsp3) is 0.667. The van der Waals surface area contributed by atoms with Gasteiger partial charge in [0.2, 0.25) is 0 Å². The van der Waals surface area contributed by atoms with Crippen LogP contribution in [-0.4, -0.2) is 17.8 Å². The monoisotopic (exact) mass is 277 g/mol. The lowest BCUT2D eigenvalue weighted by Crippen LogP contribution is -2.34. The minimum absolute atomic E-state index is 0.251. The third kappa shape index (κ3) is 4.32. The lowest BCUT2D eigenvalue weighted by molar-refractivity contribution is 0.0988. The first kappa shape index (κ1) is 17.2. The van der Waals surface area contributed by atoms with Crippen LogP contribution in [0.4, 0.5) is 0 Å². The van der Waals surface area contributed by atoms with Crippen LogP contribution < -0.4 is 5.32 Å². The molecule has 1 aromatic rings. The highest BCUT2D eigenvalue weighted by atomic mass is 16.3. The Balaban J connectivity index is 2.68. The second-order valence-corrected chi connectivity index (χ2v) is 6.07. The van der Waals surface area contributed by atoms with E-state index < -0.39 is 0 Å². The maximum absolute atomic E-state index is 10.2.